The number of amides is 2. The van der Waals surface area contributed by atoms with E-state index in [1.165, 1.54) is 6.42 Å². The number of methoxy groups -OCH3 is 1. The van der Waals surface area contributed by atoms with E-state index in [9.17, 15) is 9.90 Å². The highest BCUT2D eigenvalue weighted by Gasteiger charge is 2.35. The Labute approximate surface area is 213 Å². The van der Waals surface area contributed by atoms with Gasteiger partial charge in [-0.1, -0.05) is 48.5 Å². The van der Waals surface area contributed by atoms with Gasteiger partial charge in [0.05, 0.1) is 25.4 Å². The number of hydrogen-bond acceptors (Lipinski definition) is 6. The van der Waals surface area contributed by atoms with E-state index in [1.54, 1.807) is 7.11 Å². The number of benzene rings is 2. The van der Waals surface area contributed by atoms with E-state index >= 15 is 0 Å². The van der Waals surface area contributed by atoms with Crippen molar-refractivity contribution in [3.63, 3.8) is 0 Å². The number of carbonyl (C=O) groups is 1. The number of ether oxygens (including phenoxy) is 3. The molecule has 0 unspecified atom stereocenters. The predicted molar refractivity (Wildman–Crippen MR) is 137 cm³/mol. The van der Waals surface area contributed by atoms with E-state index in [-0.39, 0.29) is 24.8 Å². The van der Waals surface area contributed by atoms with Crippen LogP contribution in [0.4, 0.5) is 4.79 Å². The van der Waals surface area contributed by atoms with Crippen LogP contribution in [0.15, 0.2) is 48.5 Å². The fourth-order valence-electron chi connectivity index (χ4n) is 5.01. The molecule has 0 aromatic heterocycles. The minimum atomic E-state index is -0.486. The van der Waals surface area contributed by atoms with E-state index < -0.39 is 6.29 Å². The van der Waals surface area contributed by atoms with Crippen LogP contribution < -0.4 is 10.6 Å². The molecule has 2 heterocycles. The summed E-state index contributed by atoms with van der Waals surface area (Å²) in [5.74, 6) is 0. The second kappa shape index (κ2) is 13.2. The third-order valence-corrected chi connectivity index (χ3v) is 6.95. The summed E-state index contributed by atoms with van der Waals surface area (Å²) < 4.78 is 18.4. The second-order valence-electron chi connectivity index (χ2n) is 9.55. The van der Waals surface area contributed by atoms with Crippen molar-refractivity contribution in [1.29, 1.82) is 0 Å². The Morgan fingerprint density at radius 2 is 1.78 bits per heavy atom. The third-order valence-electron chi connectivity index (χ3n) is 6.95. The maximum atomic E-state index is 11.7. The van der Waals surface area contributed by atoms with Crippen LogP contribution in [0.5, 0.6) is 0 Å². The third kappa shape index (κ3) is 7.05. The maximum absolute atomic E-state index is 11.7. The van der Waals surface area contributed by atoms with Gasteiger partial charge >= 0.3 is 6.03 Å². The van der Waals surface area contributed by atoms with Gasteiger partial charge in [-0.05, 0) is 43.0 Å². The standard InChI is InChI=1S/C28H39N3O5/c1-3-29-28(33)30-16-20-6-12-23(13-7-20)27-35-25(17-31-14-4-5-24(31)19-34-2)15-26(36-27)22-10-8-21(18-32)9-11-22/h6-13,24-27,32H,3-5,14-19H2,1-2H3,(H2,29,30,33)/t24-,25+,26-,27-/m0/s1. The highest BCUT2D eigenvalue weighted by molar-refractivity contribution is 5.73. The van der Waals surface area contributed by atoms with Gasteiger partial charge in [-0.25, -0.2) is 4.79 Å². The first-order valence-corrected chi connectivity index (χ1v) is 12.9. The van der Waals surface area contributed by atoms with Crippen molar-refractivity contribution in [2.24, 2.45) is 0 Å². The molecule has 2 aromatic rings. The summed E-state index contributed by atoms with van der Waals surface area (Å²) >= 11 is 0. The molecular formula is C28H39N3O5. The quantitative estimate of drug-likeness (QED) is 0.464. The van der Waals surface area contributed by atoms with Gasteiger partial charge in [0.1, 0.15) is 0 Å². The number of likely N-dealkylation sites (tertiary alicyclic amines) is 1. The van der Waals surface area contributed by atoms with Crippen molar-refractivity contribution < 1.29 is 24.1 Å². The number of aliphatic hydroxyl groups excluding tert-OH is 1. The van der Waals surface area contributed by atoms with Gasteiger partial charge in [-0.15, -0.1) is 0 Å². The SMILES string of the molecule is CCNC(=O)NCc1ccc([C@H]2O[C@@H](CN3CCC[C@H]3COC)C[C@@H](c3ccc(CO)cc3)O2)cc1. The Bertz CT molecular complexity index is 953. The molecule has 8 heteroatoms. The van der Waals surface area contributed by atoms with Gasteiger partial charge < -0.3 is 30.0 Å². The van der Waals surface area contributed by atoms with Crippen molar-refractivity contribution in [3.05, 3.63) is 70.8 Å². The molecule has 0 aliphatic carbocycles. The van der Waals surface area contributed by atoms with Gasteiger partial charge in [-0.2, -0.15) is 0 Å². The van der Waals surface area contributed by atoms with Crippen molar-refractivity contribution in [2.45, 2.75) is 63.9 Å². The lowest BCUT2D eigenvalue weighted by Gasteiger charge is -2.38. The average molecular weight is 498 g/mol. The molecule has 2 aromatic carbocycles. The van der Waals surface area contributed by atoms with E-state index in [1.807, 2.05) is 55.5 Å². The number of carbonyl (C=O) groups excluding carboxylic acids is 1. The molecule has 4 rings (SSSR count). The van der Waals surface area contributed by atoms with E-state index in [4.69, 9.17) is 14.2 Å². The molecule has 0 saturated carbocycles. The molecule has 0 bridgehead atoms. The number of rotatable bonds is 10. The van der Waals surface area contributed by atoms with Crippen LogP contribution in [0.1, 0.15) is 60.8 Å². The van der Waals surface area contributed by atoms with Crippen LogP contribution >= 0.6 is 0 Å². The molecule has 8 nitrogen and oxygen atoms in total. The largest absolute Gasteiger partial charge is 0.392 e. The number of nitrogens with zero attached hydrogens (tertiary/aromatic N) is 1. The molecule has 2 aliphatic heterocycles. The Morgan fingerprint density at radius 1 is 1.06 bits per heavy atom. The van der Waals surface area contributed by atoms with Gasteiger partial charge in [0.25, 0.3) is 0 Å². The lowest BCUT2D eigenvalue weighted by atomic mass is 9.99. The van der Waals surface area contributed by atoms with Crippen LogP contribution in [0, 0.1) is 0 Å². The Balaban J connectivity index is 1.47. The zero-order chi connectivity index (χ0) is 25.3. The molecule has 0 spiro atoms. The predicted octanol–water partition coefficient (Wildman–Crippen LogP) is 3.65. The zero-order valence-electron chi connectivity index (χ0n) is 21.3. The molecule has 2 saturated heterocycles. The summed E-state index contributed by atoms with van der Waals surface area (Å²) in [5, 5.41) is 15.0. The smallest absolute Gasteiger partial charge is 0.315 e. The highest BCUT2D eigenvalue weighted by atomic mass is 16.7. The van der Waals surface area contributed by atoms with Gasteiger partial charge in [0, 0.05) is 44.8 Å². The minimum Gasteiger partial charge on any atom is -0.392 e. The first-order valence-electron chi connectivity index (χ1n) is 12.9. The van der Waals surface area contributed by atoms with E-state index in [0.717, 1.165) is 54.8 Å². The molecule has 2 amide bonds. The second-order valence-corrected chi connectivity index (χ2v) is 9.55. The Hall–Kier alpha value is -2.49. The highest BCUT2D eigenvalue weighted by Crippen LogP contribution is 2.38. The number of nitrogens with one attached hydrogen (secondary N) is 2. The summed E-state index contributed by atoms with van der Waals surface area (Å²) in [4.78, 5) is 14.2. The van der Waals surface area contributed by atoms with Gasteiger partial charge in [0.15, 0.2) is 6.29 Å². The summed E-state index contributed by atoms with van der Waals surface area (Å²) in [7, 11) is 1.76. The molecule has 2 aliphatic rings. The van der Waals surface area contributed by atoms with Crippen LogP contribution in [0.2, 0.25) is 0 Å². The first-order chi connectivity index (χ1) is 17.6. The molecule has 0 radical (unpaired) electrons. The zero-order valence-corrected chi connectivity index (χ0v) is 21.3. The number of urea groups is 1. The molecule has 2 fully saturated rings. The maximum Gasteiger partial charge on any atom is 0.315 e. The van der Waals surface area contributed by atoms with Gasteiger partial charge in [-0.3, -0.25) is 4.90 Å². The Kier molecular flexibility index (Phi) is 9.72. The average Bonchev–Trinajstić information content (AvgIpc) is 3.34. The topological polar surface area (TPSA) is 92.3 Å². The lowest BCUT2D eigenvalue weighted by molar-refractivity contribution is -0.253. The van der Waals surface area contributed by atoms with Crippen LogP contribution in [0.25, 0.3) is 0 Å². The van der Waals surface area contributed by atoms with Crippen LogP contribution in [-0.2, 0) is 27.4 Å². The molecule has 196 valence electrons. The van der Waals surface area contributed by atoms with Gasteiger partial charge in [0.2, 0.25) is 0 Å². The molecule has 36 heavy (non-hydrogen) atoms. The van der Waals surface area contributed by atoms with Crippen molar-refractivity contribution >= 4 is 6.03 Å². The summed E-state index contributed by atoms with van der Waals surface area (Å²) in [5.41, 5.74) is 3.93. The normalized spacial score (nSPS) is 24.5. The van der Waals surface area contributed by atoms with Crippen LogP contribution in [0.3, 0.4) is 0 Å². The number of aliphatic hydroxyl groups is 1. The summed E-state index contributed by atoms with van der Waals surface area (Å²) in [6, 6.07) is 16.2. The monoisotopic (exact) mass is 497 g/mol. The van der Waals surface area contributed by atoms with Crippen molar-refractivity contribution in [3.8, 4) is 0 Å². The lowest BCUT2D eigenvalue weighted by Crippen LogP contribution is -2.42. The van der Waals surface area contributed by atoms with E-state index in [2.05, 4.69) is 15.5 Å². The minimum absolute atomic E-state index is 0.0165. The summed E-state index contributed by atoms with van der Waals surface area (Å²) in [6.07, 6.45) is 2.52. The fourth-order valence-corrected chi connectivity index (χ4v) is 5.01. The molecule has 4 atom stereocenters. The van der Waals surface area contributed by atoms with Crippen molar-refractivity contribution in [1.82, 2.24) is 15.5 Å². The van der Waals surface area contributed by atoms with Crippen molar-refractivity contribution in [2.75, 3.05) is 33.4 Å². The fraction of sp³-hybridized carbons (Fsp3) is 0.536. The number of hydrogen-bond donors (Lipinski definition) is 3. The molecular weight excluding hydrogens is 458 g/mol. The first kappa shape index (κ1) is 26.6. The summed E-state index contributed by atoms with van der Waals surface area (Å²) in [6.45, 7) is 5.60. The van der Waals surface area contributed by atoms with Crippen LogP contribution in [-0.4, -0.2) is 61.5 Å². The Morgan fingerprint density at radius 3 is 2.47 bits per heavy atom. The molecule has 3 N–H and O–H groups in total. The van der Waals surface area contributed by atoms with E-state index in [0.29, 0.717) is 19.1 Å².